The molecule has 3 N–H and O–H groups in total. The summed E-state index contributed by atoms with van der Waals surface area (Å²) in [6, 6.07) is 4.24. The predicted octanol–water partition coefficient (Wildman–Crippen LogP) is 3.36. The Morgan fingerprint density at radius 3 is 2.70 bits per heavy atom. The van der Waals surface area contributed by atoms with Crippen LogP contribution in [0.5, 0.6) is 0 Å². The molecule has 4 rings (SSSR count). The van der Waals surface area contributed by atoms with Crippen LogP contribution in [-0.2, 0) is 11.3 Å². The Hall–Kier alpha value is -2.49. The zero-order valence-corrected chi connectivity index (χ0v) is 17.7. The molecule has 0 spiro atoms. The molecule has 2 aromatic rings. The van der Waals surface area contributed by atoms with Gasteiger partial charge in [-0.1, -0.05) is 11.6 Å². The number of imide groups is 1. The minimum Gasteiger partial charge on any atom is -0.351 e. The van der Waals surface area contributed by atoms with E-state index in [4.69, 9.17) is 11.6 Å². The third-order valence-electron chi connectivity index (χ3n) is 5.08. The molecule has 2 amide bonds. The molecular weight excluding hydrogens is 424 g/mol. The largest absolute Gasteiger partial charge is 0.351 e. The first-order valence-electron chi connectivity index (χ1n) is 9.73. The van der Waals surface area contributed by atoms with Crippen molar-refractivity contribution in [3.63, 3.8) is 0 Å². The van der Waals surface area contributed by atoms with Crippen molar-refractivity contribution in [2.24, 2.45) is 0 Å². The lowest BCUT2D eigenvalue weighted by Crippen LogP contribution is -2.37. The topological polar surface area (TPSA) is 109 Å². The molecule has 8 nitrogen and oxygen atoms in total. The van der Waals surface area contributed by atoms with E-state index in [1.165, 1.54) is 0 Å². The molecule has 2 aliphatic rings. The number of rotatable bonds is 6. The first kappa shape index (κ1) is 20.8. The summed E-state index contributed by atoms with van der Waals surface area (Å²) in [5.74, 6) is 0.133. The molecule has 0 radical (unpaired) electrons. The molecule has 2 aromatic heterocycles. The first-order valence-corrected chi connectivity index (χ1v) is 10.9. The SMILES string of the molecule is O=C1NC(=O)/C(=C/c2ccnc(N[C@H]3CC[C@H](NCc4cnccc4Cl)CC3)n2)S1. The maximum atomic E-state index is 11.7. The monoisotopic (exact) mass is 444 g/mol. The van der Waals surface area contributed by atoms with E-state index in [0.29, 0.717) is 35.2 Å². The molecule has 1 aliphatic heterocycles. The molecule has 3 heterocycles. The molecule has 0 bridgehead atoms. The Kier molecular flexibility index (Phi) is 6.61. The molecule has 1 saturated carbocycles. The van der Waals surface area contributed by atoms with Crippen LogP contribution in [0.15, 0.2) is 35.6 Å². The number of nitrogens with one attached hydrogen (secondary N) is 3. The number of carbonyl (C=O) groups is 2. The van der Waals surface area contributed by atoms with Gasteiger partial charge in [-0.2, -0.15) is 0 Å². The number of thioether (sulfide) groups is 1. The summed E-state index contributed by atoms with van der Waals surface area (Å²) >= 11 is 7.06. The Morgan fingerprint density at radius 2 is 1.97 bits per heavy atom. The van der Waals surface area contributed by atoms with Crippen LogP contribution in [-0.4, -0.2) is 38.2 Å². The number of hydrogen-bond acceptors (Lipinski definition) is 8. The molecule has 30 heavy (non-hydrogen) atoms. The standard InChI is InChI=1S/C20H21ClN6O2S/c21-16-6-7-22-10-12(16)11-24-13-1-3-14(4-2-13)25-19-23-8-5-15(26-19)9-17-18(28)27-20(29)30-17/h5-10,13-14,24H,1-4,11H2,(H,23,25,26)(H,27,28,29)/b17-9-/t13-,14-. The summed E-state index contributed by atoms with van der Waals surface area (Å²) in [4.78, 5) is 36.2. The van der Waals surface area contributed by atoms with Crippen molar-refractivity contribution in [1.82, 2.24) is 25.6 Å². The van der Waals surface area contributed by atoms with Gasteiger partial charge >= 0.3 is 0 Å². The van der Waals surface area contributed by atoms with E-state index in [2.05, 4.69) is 30.9 Å². The lowest BCUT2D eigenvalue weighted by Gasteiger charge is -2.30. The number of anilines is 1. The van der Waals surface area contributed by atoms with E-state index in [1.807, 2.05) is 0 Å². The summed E-state index contributed by atoms with van der Waals surface area (Å²) in [5, 5.41) is 9.55. The summed E-state index contributed by atoms with van der Waals surface area (Å²) < 4.78 is 0. The van der Waals surface area contributed by atoms with Crippen molar-refractivity contribution in [3.05, 3.63) is 51.9 Å². The van der Waals surface area contributed by atoms with E-state index in [0.717, 1.165) is 48.0 Å². The van der Waals surface area contributed by atoms with Gasteiger partial charge in [-0.3, -0.25) is 19.9 Å². The highest BCUT2D eigenvalue weighted by molar-refractivity contribution is 8.18. The van der Waals surface area contributed by atoms with E-state index in [-0.39, 0.29) is 5.24 Å². The van der Waals surface area contributed by atoms with E-state index in [9.17, 15) is 9.59 Å². The molecule has 2 fully saturated rings. The quantitative estimate of drug-likeness (QED) is 0.582. The second kappa shape index (κ2) is 9.55. The predicted molar refractivity (Wildman–Crippen MR) is 117 cm³/mol. The molecule has 0 aromatic carbocycles. The Balaban J connectivity index is 1.28. The second-order valence-electron chi connectivity index (χ2n) is 7.20. The van der Waals surface area contributed by atoms with Gasteiger partial charge in [0.25, 0.3) is 11.1 Å². The van der Waals surface area contributed by atoms with E-state index >= 15 is 0 Å². The van der Waals surface area contributed by atoms with Crippen LogP contribution in [0.4, 0.5) is 10.7 Å². The smallest absolute Gasteiger partial charge is 0.290 e. The lowest BCUT2D eigenvalue weighted by atomic mass is 9.91. The van der Waals surface area contributed by atoms with Crippen LogP contribution in [0, 0.1) is 0 Å². The highest BCUT2D eigenvalue weighted by Gasteiger charge is 2.25. The maximum Gasteiger partial charge on any atom is 0.290 e. The van der Waals surface area contributed by atoms with Crippen molar-refractivity contribution >= 4 is 46.5 Å². The van der Waals surface area contributed by atoms with Gasteiger partial charge in [0.2, 0.25) is 5.95 Å². The molecule has 1 saturated heterocycles. The molecule has 10 heteroatoms. The zero-order valence-electron chi connectivity index (χ0n) is 16.1. The first-order chi connectivity index (χ1) is 14.6. The van der Waals surface area contributed by atoms with Crippen molar-refractivity contribution in [3.8, 4) is 0 Å². The van der Waals surface area contributed by atoms with Crippen molar-refractivity contribution in [2.45, 2.75) is 44.3 Å². The average Bonchev–Trinajstić information content (AvgIpc) is 3.05. The minimum absolute atomic E-state index is 0.290. The average molecular weight is 445 g/mol. The summed E-state index contributed by atoms with van der Waals surface area (Å²) in [7, 11) is 0. The summed E-state index contributed by atoms with van der Waals surface area (Å²) in [6.45, 7) is 0.712. The Labute approximate surface area is 183 Å². The maximum absolute atomic E-state index is 11.7. The van der Waals surface area contributed by atoms with Gasteiger partial charge in [-0.15, -0.1) is 0 Å². The Morgan fingerprint density at radius 1 is 1.17 bits per heavy atom. The fourth-order valence-electron chi connectivity index (χ4n) is 3.50. The van der Waals surface area contributed by atoms with Crippen LogP contribution in [0.25, 0.3) is 6.08 Å². The van der Waals surface area contributed by atoms with Gasteiger partial charge < -0.3 is 10.6 Å². The van der Waals surface area contributed by atoms with Gasteiger partial charge in [0.1, 0.15) is 0 Å². The molecule has 1 aliphatic carbocycles. The van der Waals surface area contributed by atoms with Gasteiger partial charge in [0.15, 0.2) is 0 Å². The number of pyridine rings is 1. The zero-order chi connectivity index (χ0) is 20.9. The number of halogens is 1. The number of carbonyl (C=O) groups excluding carboxylic acids is 2. The van der Waals surface area contributed by atoms with Gasteiger partial charge in [-0.05, 0) is 55.7 Å². The van der Waals surface area contributed by atoms with Crippen molar-refractivity contribution in [1.29, 1.82) is 0 Å². The second-order valence-corrected chi connectivity index (χ2v) is 8.62. The van der Waals surface area contributed by atoms with Crippen LogP contribution in [0.2, 0.25) is 5.02 Å². The number of nitrogens with zero attached hydrogens (tertiary/aromatic N) is 3. The fourth-order valence-corrected chi connectivity index (χ4v) is 4.34. The van der Waals surface area contributed by atoms with Gasteiger partial charge in [0.05, 0.1) is 10.6 Å². The fraction of sp³-hybridized carbons (Fsp3) is 0.350. The highest BCUT2D eigenvalue weighted by Crippen LogP contribution is 2.26. The van der Waals surface area contributed by atoms with Gasteiger partial charge in [0, 0.05) is 47.8 Å². The minimum atomic E-state index is -0.392. The molecule has 156 valence electrons. The summed E-state index contributed by atoms with van der Waals surface area (Å²) in [6.07, 6.45) is 10.8. The molecular formula is C20H21ClN6O2S. The van der Waals surface area contributed by atoms with Crippen LogP contribution in [0.3, 0.4) is 0 Å². The van der Waals surface area contributed by atoms with Crippen LogP contribution >= 0.6 is 23.4 Å². The molecule has 0 atom stereocenters. The van der Waals surface area contributed by atoms with Crippen molar-refractivity contribution in [2.75, 3.05) is 5.32 Å². The Bertz CT molecular complexity index is 977. The number of amides is 2. The highest BCUT2D eigenvalue weighted by atomic mass is 35.5. The van der Waals surface area contributed by atoms with Crippen molar-refractivity contribution < 1.29 is 9.59 Å². The van der Waals surface area contributed by atoms with E-state index in [1.54, 1.807) is 36.8 Å². The van der Waals surface area contributed by atoms with E-state index < -0.39 is 5.91 Å². The van der Waals surface area contributed by atoms with Gasteiger partial charge in [-0.25, -0.2) is 9.97 Å². The third kappa shape index (κ3) is 5.35. The van der Waals surface area contributed by atoms with Crippen LogP contribution in [0.1, 0.15) is 36.9 Å². The third-order valence-corrected chi connectivity index (χ3v) is 6.26. The lowest BCUT2D eigenvalue weighted by molar-refractivity contribution is -0.115. The molecule has 0 unspecified atom stereocenters. The normalized spacial score (nSPS) is 22.9. The number of hydrogen-bond donors (Lipinski definition) is 3. The summed E-state index contributed by atoms with van der Waals surface area (Å²) in [5.41, 5.74) is 1.60. The van der Waals surface area contributed by atoms with Crippen LogP contribution < -0.4 is 16.0 Å². The number of aromatic nitrogens is 3.